The summed E-state index contributed by atoms with van der Waals surface area (Å²) < 4.78 is 5.29. The molecule has 1 aliphatic rings. The number of nitrogens with zero attached hydrogens (tertiary/aromatic N) is 3. The molecule has 0 radical (unpaired) electrons. The monoisotopic (exact) mass is 474 g/mol. The van der Waals surface area contributed by atoms with Crippen LogP contribution in [-0.2, 0) is 0 Å². The summed E-state index contributed by atoms with van der Waals surface area (Å²) >= 11 is 6.45. The first kappa shape index (κ1) is 21.8. The van der Waals surface area contributed by atoms with Crippen LogP contribution in [0.25, 0.3) is 11.1 Å². The molecule has 0 saturated carbocycles. The number of fused-ring (bicyclic) bond motifs is 2. The van der Waals surface area contributed by atoms with E-state index in [0.717, 1.165) is 4.90 Å². The molecule has 0 unspecified atom stereocenters. The zero-order chi connectivity index (χ0) is 24.1. The quantitative estimate of drug-likeness (QED) is 0.399. The largest absolute Gasteiger partial charge is 0.336 e. The van der Waals surface area contributed by atoms with Gasteiger partial charge in [0.25, 0.3) is 23.4 Å². The standard InChI is InChI=1S/C25H19ClN4O4/c1-12(2)19-11-17(21-13(3)29-34-23(21)28-19)22(31)27-14-8-9-20(18(26)10-14)30-24(32)15-6-4-5-7-16(15)25(30)33/h4-12H,1-3H3,(H,27,31). The van der Waals surface area contributed by atoms with Crippen molar-refractivity contribution in [2.24, 2.45) is 0 Å². The molecule has 0 bridgehead atoms. The summed E-state index contributed by atoms with van der Waals surface area (Å²) in [4.78, 5) is 44.2. The van der Waals surface area contributed by atoms with Crippen molar-refractivity contribution in [3.8, 4) is 0 Å². The van der Waals surface area contributed by atoms with Crippen LogP contribution < -0.4 is 10.2 Å². The van der Waals surface area contributed by atoms with E-state index in [0.29, 0.717) is 44.9 Å². The minimum atomic E-state index is -0.442. The van der Waals surface area contributed by atoms with Crippen LogP contribution in [0, 0.1) is 6.92 Å². The van der Waals surface area contributed by atoms with E-state index in [9.17, 15) is 14.4 Å². The number of rotatable bonds is 4. The Labute approximate surface area is 199 Å². The minimum absolute atomic E-state index is 0.0785. The third-order valence-corrected chi connectivity index (χ3v) is 6.02. The highest BCUT2D eigenvalue weighted by molar-refractivity contribution is 6.40. The van der Waals surface area contributed by atoms with Gasteiger partial charge in [0, 0.05) is 11.4 Å². The number of halogens is 1. The van der Waals surface area contributed by atoms with Crippen LogP contribution in [0.4, 0.5) is 11.4 Å². The molecule has 0 atom stereocenters. The molecule has 8 nitrogen and oxygen atoms in total. The number of benzene rings is 2. The lowest BCUT2D eigenvalue weighted by Gasteiger charge is -2.17. The van der Waals surface area contributed by atoms with Gasteiger partial charge in [0.05, 0.1) is 38.5 Å². The van der Waals surface area contributed by atoms with Crippen LogP contribution in [0.1, 0.15) is 62.2 Å². The SMILES string of the molecule is Cc1noc2nc(C(C)C)cc(C(=O)Nc3ccc(N4C(=O)c5ccccc5C4=O)c(Cl)c3)c12. The molecule has 1 N–H and O–H groups in total. The van der Waals surface area contributed by atoms with Gasteiger partial charge in [0.15, 0.2) is 0 Å². The summed E-state index contributed by atoms with van der Waals surface area (Å²) in [6, 6.07) is 13.0. The van der Waals surface area contributed by atoms with Crippen LogP contribution in [0.2, 0.25) is 5.02 Å². The molecule has 2 aromatic heterocycles. The van der Waals surface area contributed by atoms with E-state index < -0.39 is 11.8 Å². The minimum Gasteiger partial charge on any atom is -0.336 e. The number of nitrogens with one attached hydrogen (secondary N) is 1. The topological polar surface area (TPSA) is 105 Å². The van der Waals surface area contributed by atoms with Gasteiger partial charge in [-0.2, -0.15) is 0 Å². The van der Waals surface area contributed by atoms with E-state index in [4.69, 9.17) is 16.1 Å². The Hall–Kier alpha value is -4.04. The fourth-order valence-electron chi connectivity index (χ4n) is 3.96. The molecule has 3 heterocycles. The lowest BCUT2D eigenvalue weighted by Crippen LogP contribution is -2.29. The van der Waals surface area contributed by atoms with Crippen molar-refractivity contribution in [3.63, 3.8) is 0 Å². The van der Waals surface area contributed by atoms with E-state index in [1.54, 1.807) is 43.3 Å². The highest BCUT2D eigenvalue weighted by Gasteiger charge is 2.37. The average Bonchev–Trinajstić information content (AvgIpc) is 3.31. The van der Waals surface area contributed by atoms with Crippen LogP contribution in [-0.4, -0.2) is 27.9 Å². The van der Waals surface area contributed by atoms with Gasteiger partial charge in [-0.1, -0.05) is 42.7 Å². The first-order chi connectivity index (χ1) is 16.3. The van der Waals surface area contributed by atoms with E-state index >= 15 is 0 Å². The maximum Gasteiger partial charge on any atom is 0.266 e. The Morgan fingerprint density at radius 2 is 1.74 bits per heavy atom. The van der Waals surface area contributed by atoms with Gasteiger partial charge in [-0.25, -0.2) is 9.88 Å². The Kier molecular flexibility index (Phi) is 5.17. The van der Waals surface area contributed by atoms with E-state index in [1.165, 1.54) is 12.1 Å². The predicted octanol–water partition coefficient (Wildman–Crippen LogP) is 5.36. The third kappa shape index (κ3) is 3.43. The Bertz CT molecular complexity index is 1470. The summed E-state index contributed by atoms with van der Waals surface area (Å²) in [7, 11) is 0. The van der Waals surface area contributed by atoms with Crippen molar-refractivity contribution < 1.29 is 18.9 Å². The first-order valence-corrected chi connectivity index (χ1v) is 11.0. The first-order valence-electron chi connectivity index (χ1n) is 10.6. The van der Waals surface area contributed by atoms with Gasteiger partial charge in [-0.05, 0) is 49.2 Å². The van der Waals surface area contributed by atoms with Crippen LogP contribution in [0.3, 0.4) is 0 Å². The van der Waals surface area contributed by atoms with Crippen LogP contribution in [0.15, 0.2) is 53.1 Å². The smallest absolute Gasteiger partial charge is 0.266 e. The van der Waals surface area contributed by atoms with Gasteiger partial charge in [0.1, 0.15) is 0 Å². The number of imide groups is 1. The van der Waals surface area contributed by atoms with E-state index in [1.807, 2.05) is 13.8 Å². The van der Waals surface area contributed by atoms with Crippen molar-refractivity contribution in [1.82, 2.24) is 10.1 Å². The molecule has 0 fully saturated rings. The molecule has 0 aliphatic carbocycles. The summed E-state index contributed by atoms with van der Waals surface area (Å²) in [5.74, 6) is -1.19. The fourth-order valence-corrected chi connectivity index (χ4v) is 4.23. The molecular weight excluding hydrogens is 456 g/mol. The average molecular weight is 475 g/mol. The maximum atomic E-state index is 13.2. The normalized spacial score (nSPS) is 13.1. The summed E-state index contributed by atoms with van der Waals surface area (Å²) in [6.07, 6.45) is 0. The van der Waals surface area contributed by atoms with Crippen molar-refractivity contribution >= 4 is 51.8 Å². The van der Waals surface area contributed by atoms with Gasteiger partial charge < -0.3 is 9.84 Å². The number of hydrogen-bond donors (Lipinski definition) is 1. The molecule has 4 aromatic rings. The molecule has 34 heavy (non-hydrogen) atoms. The molecule has 1 aliphatic heterocycles. The van der Waals surface area contributed by atoms with E-state index in [-0.39, 0.29) is 22.5 Å². The van der Waals surface area contributed by atoms with Crippen molar-refractivity contribution in [2.75, 3.05) is 10.2 Å². The second-order valence-corrected chi connectivity index (χ2v) is 8.72. The van der Waals surface area contributed by atoms with E-state index in [2.05, 4.69) is 15.5 Å². The lowest BCUT2D eigenvalue weighted by atomic mass is 10.0. The zero-order valence-corrected chi connectivity index (χ0v) is 19.3. The van der Waals surface area contributed by atoms with Crippen molar-refractivity contribution in [1.29, 1.82) is 0 Å². The highest BCUT2D eigenvalue weighted by Crippen LogP contribution is 2.35. The zero-order valence-electron chi connectivity index (χ0n) is 18.5. The number of pyridine rings is 1. The summed E-state index contributed by atoms with van der Waals surface area (Å²) in [5.41, 5.74) is 3.24. The second kappa shape index (κ2) is 8.07. The highest BCUT2D eigenvalue weighted by atomic mass is 35.5. The Morgan fingerprint density at radius 1 is 1.06 bits per heavy atom. The maximum absolute atomic E-state index is 13.2. The number of hydrogen-bond acceptors (Lipinski definition) is 6. The molecule has 3 amide bonds. The van der Waals surface area contributed by atoms with Crippen LogP contribution in [0.5, 0.6) is 0 Å². The Balaban J connectivity index is 1.46. The number of anilines is 2. The van der Waals surface area contributed by atoms with Gasteiger partial charge in [-0.3, -0.25) is 14.4 Å². The van der Waals surface area contributed by atoms with Crippen molar-refractivity contribution in [3.05, 3.63) is 81.6 Å². The predicted molar refractivity (Wildman–Crippen MR) is 128 cm³/mol. The number of carbonyl (C=O) groups excluding carboxylic acids is 3. The molecule has 9 heteroatoms. The van der Waals surface area contributed by atoms with Gasteiger partial charge in [0.2, 0.25) is 0 Å². The molecule has 0 spiro atoms. The lowest BCUT2D eigenvalue weighted by molar-refractivity contribution is 0.0924. The molecule has 0 saturated heterocycles. The number of aromatic nitrogens is 2. The molecule has 170 valence electrons. The third-order valence-electron chi connectivity index (χ3n) is 5.71. The fraction of sp³-hybridized carbons (Fsp3) is 0.160. The summed E-state index contributed by atoms with van der Waals surface area (Å²) in [6.45, 7) is 5.68. The number of amides is 3. The summed E-state index contributed by atoms with van der Waals surface area (Å²) in [5, 5.41) is 7.45. The molecule has 2 aromatic carbocycles. The second-order valence-electron chi connectivity index (χ2n) is 8.31. The molecular formula is C25H19ClN4O4. The number of carbonyl (C=O) groups is 3. The van der Waals surface area contributed by atoms with Gasteiger partial charge >= 0.3 is 0 Å². The number of aryl methyl sites for hydroxylation is 1. The molecule has 5 rings (SSSR count). The van der Waals surface area contributed by atoms with Gasteiger partial charge in [-0.15, -0.1) is 0 Å². The Morgan fingerprint density at radius 3 is 2.35 bits per heavy atom. The van der Waals surface area contributed by atoms with Crippen LogP contribution >= 0.6 is 11.6 Å². The van der Waals surface area contributed by atoms with Crippen molar-refractivity contribution in [2.45, 2.75) is 26.7 Å².